The molecule has 0 spiro atoms. The van der Waals surface area contributed by atoms with Crippen molar-refractivity contribution in [2.45, 2.75) is 44.1 Å². The zero-order valence-corrected chi connectivity index (χ0v) is 18.1. The van der Waals surface area contributed by atoms with E-state index in [0.717, 1.165) is 17.3 Å². The number of nitrogens with zero attached hydrogens (tertiary/aromatic N) is 3. The van der Waals surface area contributed by atoms with Crippen molar-refractivity contribution in [3.8, 4) is 0 Å². The second-order valence-electron chi connectivity index (χ2n) is 7.09. The van der Waals surface area contributed by atoms with Gasteiger partial charge in [0.15, 0.2) is 11.5 Å². The Hall–Kier alpha value is -1.78. The van der Waals surface area contributed by atoms with Crippen molar-refractivity contribution in [2.24, 2.45) is 11.8 Å². The number of hydrogen-bond acceptors (Lipinski definition) is 8. The molecule has 160 valence electrons. The van der Waals surface area contributed by atoms with Crippen LogP contribution in [0.3, 0.4) is 0 Å². The SMILES string of the molecule is CCCCCSc1nsnc1C(=O)C1CN2CCC1CC2.O=C(O)C=CC(=O)O. The maximum absolute atomic E-state index is 12.8. The molecule has 2 N–H and O–H groups in total. The van der Waals surface area contributed by atoms with Crippen LogP contribution in [0.15, 0.2) is 17.2 Å². The smallest absolute Gasteiger partial charge is 0.328 e. The van der Waals surface area contributed by atoms with Crippen LogP contribution in [0, 0.1) is 11.8 Å². The van der Waals surface area contributed by atoms with E-state index in [1.165, 1.54) is 56.9 Å². The van der Waals surface area contributed by atoms with Gasteiger partial charge in [0.2, 0.25) is 0 Å². The molecule has 3 fully saturated rings. The topological polar surface area (TPSA) is 121 Å². The number of carboxylic acid groups (broad SMARTS) is 2. The summed E-state index contributed by atoms with van der Waals surface area (Å²) >= 11 is 2.90. The predicted molar refractivity (Wildman–Crippen MR) is 112 cm³/mol. The van der Waals surface area contributed by atoms with E-state index in [9.17, 15) is 14.4 Å². The highest BCUT2D eigenvalue weighted by Crippen LogP contribution is 2.35. The molecule has 2 bridgehead atoms. The average Bonchev–Trinajstić information content (AvgIpc) is 3.19. The van der Waals surface area contributed by atoms with Crippen LogP contribution in [0.1, 0.15) is 49.5 Å². The van der Waals surface area contributed by atoms with E-state index in [0.29, 0.717) is 23.8 Å². The van der Waals surface area contributed by atoms with Crippen molar-refractivity contribution in [3.05, 3.63) is 17.8 Å². The van der Waals surface area contributed by atoms with Crippen molar-refractivity contribution < 1.29 is 24.6 Å². The van der Waals surface area contributed by atoms with Gasteiger partial charge in [0, 0.05) is 24.6 Å². The van der Waals surface area contributed by atoms with Gasteiger partial charge in [0.25, 0.3) is 0 Å². The summed E-state index contributed by atoms with van der Waals surface area (Å²) in [4.78, 5) is 34.4. The predicted octanol–water partition coefficient (Wildman–Crippen LogP) is 3.06. The zero-order chi connectivity index (χ0) is 21.2. The number of aliphatic carboxylic acids is 2. The van der Waals surface area contributed by atoms with E-state index < -0.39 is 11.9 Å². The van der Waals surface area contributed by atoms with Crippen molar-refractivity contribution in [3.63, 3.8) is 0 Å². The third-order valence-corrected chi connectivity index (χ3v) is 6.73. The largest absolute Gasteiger partial charge is 0.478 e. The van der Waals surface area contributed by atoms with Crippen molar-refractivity contribution >= 4 is 41.2 Å². The Balaban J connectivity index is 0.000000321. The van der Waals surface area contributed by atoms with Crippen molar-refractivity contribution in [2.75, 3.05) is 25.4 Å². The van der Waals surface area contributed by atoms with Crippen LogP contribution in [0.4, 0.5) is 0 Å². The fraction of sp³-hybridized carbons (Fsp3) is 0.632. The number of rotatable bonds is 9. The molecule has 3 aliphatic rings. The number of carboxylic acids is 2. The van der Waals surface area contributed by atoms with E-state index in [-0.39, 0.29) is 11.7 Å². The maximum Gasteiger partial charge on any atom is 0.328 e. The molecule has 4 heterocycles. The quantitative estimate of drug-likeness (QED) is 0.258. The van der Waals surface area contributed by atoms with Gasteiger partial charge in [-0.3, -0.25) is 4.79 Å². The lowest BCUT2D eigenvalue weighted by atomic mass is 9.76. The minimum atomic E-state index is -1.26. The van der Waals surface area contributed by atoms with E-state index in [4.69, 9.17) is 10.2 Å². The molecule has 10 heteroatoms. The van der Waals surface area contributed by atoms with Gasteiger partial charge in [-0.2, -0.15) is 8.75 Å². The van der Waals surface area contributed by atoms with Crippen molar-refractivity contribution in [1.29, 1.82) is 0 Å². The number of hydrogen-bond donors (Lipinski definition) is 2. The zero-order valence-electron chi connectivity index (χ0n) is 16.5. The Morgan fingerprint density at radius 2 is 1.79 bits per heavy atom. The molecule has 4 rings (SSSR count). The summed E-state index contributed by atoms with van der Waals surface area (Å²) in [6.07, 6.45) is 7.12. The first kappa shape index (κ1) is 23.5. The Morgan fingerprint density at radius 3 is 2.31 bits per heavy atom. The van der Waals surface area contributed by atoms with Gasteiger partial charge in [-0.15, -0.1) is 11.8 Å². The van der Waals surface area contributed by atoms with Crippen LogP contribution in [-0.4, -0.2) is 67.0 Å². The van der Waals surface area contributed by atoms with Crippen LogP contribution >= 0.6 is 23.5 Å². The molecular weight excluding hydrogens is 414 g/mol. The summed E-state index contributed by atoms with van der Waals surface area (Å²) in [5, 5.41) is 16.5. The summed E-state index contributed by atoms with van der Waals surface area (Å²) < 4.78 is 8.67. The Morgan fingerprint density at radius 1 is 1.14 bits per heavy atom. The second-order valence-corrected chi connectivity index (χ2v) is 8.70. The molecule has 1 aromatic rings. The molecule has 8 nitrogen and oxygen atoms in total. The van der Waals surface area contributed by atoms with Gasteiger partial charge in [0.1, 0.15) is 5.03 Å². The molecule has 3 saturated heterocycles. The number of carbonyl (C=O) groups is 3. The Bertz CT molecular complexity index is 713. The minimum Gasteiger partial charge on any atom is -0.478 e. The third-order valence-electron chi connectivity index (χ3n) is 5.04. The molecule has 3 aliphatic heterocycles. The van der Waals surface area contributed by atoms with Crippen LogP contribution in [0.2, 0.25) is 0 Å². The number of aromatic nitrogens is 2. The molecule has 0 radical (unpaired) electrons. The summed E-state index contributed by atoms with van der Waals surface area (Å²) in [5.41, 5.74) is 0.653. The molecule has 29 heavy (non-hydrogen) atoms. The lowest BCUT2D eigenvalue weighted by molar-refractivity contribution is -0.134. The van der Waals surface area contributed by atoms with Gasteiger partial charge < -0.3 is 15.1 Å². The molecule has 0 aliphatic carbocycles. The summed E-state index contributed by atoms with van der Waals surface area (Å²) in [6, 6.07) is 0. The van der Waals surface area contributed by atoms with E-state index >= 15 is 0 Å². The summed E-state index contributed by atoms with van der Waals surface area (Å²) in [7, 11) is 0. The van der Waals surface area contributed by atoms with E-state index in [1.54, 1.807) is 11.8 Å². The molecule has 1 unspecified atom stereocenters. The number of Topliss-reactive ketones (excluding diaryl/α,β-unsaturated/α-hetero) is 1. The molecule has 0 amide bonds. The Labute approximate surface area is 178 Å². The first-order chi connectivity index (χ1) is 13.9. The number of ketones is 1. The first-order valence-electron chi connectivity index (χ1n) is 9.78. The minimum absolute atomic E-state index is 0.159. The maximum atomic E-state index is 12.8. The standard InChI is InChI=1S/C15H23N3OS2.C4H4O4/c1-2-3-4-9-20-15-13(16-21-17-15)14(19)12-10-18-7-5-11(12)6-8-18;5-3(6)1-2-4(7)8/h11-12H,2-10H2,1H3;1-2H,(H,5,6)(H,7,8). The molecule has 1 aromatic heterocycles. The fourth-order valence-corrected chi connectivity index (χ4v) is 5.18. The van der Waals surface area contributed by atoms with E-state index in [1.807, 2.05) is 0 Å². The normalized spacial score (nSPS) is 22.9. The number of carbonyl (C=O) groups excluding carboxylic acids is 1. The molecule has 0 saturated carbocycles. The number of piperidine rings is 3. The molecule has 1 atom stereocenters. The first-order valence-corrected chi connectivity index (χ1v) is 11.5. The van der Waals surface area contributed by atoms with Gasteiger partial charge in [-0.1, -0.05) is 19.8 Å². The second kappa shape index (κ2) is 12.0. The average molecular weight is 442 g/mol. The fourth-order valence-electron chi connectivity index (χ4n) is 3.53. The van der Waals surface area contributed by atoms with Gasteiger partial charge in [-0.05, 0) is 44.0 Å². The van der Waals surface area contributed by atoms with Gasteiger partial charge in [-0.25, -0.2) is 9.59 Å². The van der Waals surface area contributed by atoms with E-state index in [2.05, 4.69) is 20.6 Å². The number of unbranched alkanes of at least 4 members (excludes halogenated alkanes) is 2. The molecular formula is C19H27N3O5S2. The van der Waals surface area contributed by atoms with Crippen LogP contribution in [0.25, 0.3) is 0 Å². The highest BCUT2D eigenvalue weighted by Gasteiger charge is 2.40. The van der Waals surface area contributed by atoms with Gasteiger partial charge >= 0.3 is 11.9 Å². The van der Waals surface area contributed by atoms with Gasteiger partial charge in [0.05, 0.1) is 11.7 Å². The molecule has 0 aromatic carbocycles. The van der Waals surface area contributed by atoms with Crippen LogP contribution < -0.4 is 0 Å². The lowest BCUT2D eigenvalue weighted by Crippen LogP contribution is -2.50. The monoisotopic (exact) mass is 441 g/mol. The summed E-state index contributed by atoms with van der Waals surface area (Å²) in [6.45, 7) is 5.48. The Kier molecular flexibility index (Phi) is 9.75. The highest BCUT2D eigenvalue weighted by molar-refractivity contribution is 7.99. The van der Waals surface area contributed by atoms with Crippen molar-refractivity contribution in [1.82, 2.24) is 13.6 Å². The highest BCUT2D eigenvalue weighted by atomic mass is 32.2. The number of thioether (sulfide) groups is 1. The lowest BCUT2D eigenvalue weighted by Gasteiger charge is -2.43. The summed E-state index contributed by atoms with van der Waals surface area (Å²) in [5.74, 6) is -0.496. The number of fused-ring (bicyclic) bond motifs is 3. The van der Waals surface area contributed by atoms with Crippen LogP contribution in [0.5, 0.6) is 0 Å². The van der Waals surface area contributed by atoms with Crippen LogP contribution in [-0.2, 0) is 9.59 Å². The third kappa shape index (κ3) is 7.52.